The van der Waals surface area contributed by atoms with Crippen LogP contribution in [0.25, 0.3) is 0 Å². The summed E-state index contributed by atoms with van der Waals surface area (Å²) in [6.45, 7) is 5.10. The number of sulfonamides is 1. The molecule has 21 heavy (non-hydrogen) atoms. The summed E-state index contributed by atoms with van der Waals surface area (Å²) in [4.78, 5) is -0.622. The SMILES string of the molecule is CCNCc1cc(F)c(F)c(S(=O)(=O)NCC2CC2C)c1. The highest BCUT2D eigenvalue weighted by Gasteiger charge is 2.34. The van der Waals surface area contributed by atoms with E-state index < -0.39 is 26.6 Å². The van der Waals surface area contributed by atoms with Crippen LogP contribution < -0.4 is 10.0 Å². The Balaban J connectivity index is 2.21. The smallest absolute Gasteiger partial charge is 0.243 e. The Morgan fingerprint density at radius 1 is 1.33 bits per heavy atom. The van der Waals surface area contributed by atoms with Crippen LogP contribution in [0, 0.1) is 23.5 Å². The van der Waals surface area contributed by atoms with Crippen molar-refractivity contribution in [3.8, 4) is 0 Å². The second-order valence-electron chi connectivity index (χ2n) is 5.50. The second kappa shape index (κ2) is 6.37. The molecule has 2 atom stereocenters. The molecule has 0 aromatic heterocycles. The Bertz CT molecular complexity index is 620. The molecule has 1 aliphatic rings. The van der Waals surface area contributed by atoms with Crippen LogP contribution in [0.2, 0.25) is 0 Å². The van der Waals surface area contributed by atoms with Crippen LogP contribution in [0.1, 0.15) is 25.8 Å². The van der Waals surface area contributed by atoms with E-state index in [1.54, 1.807) is 0 Å². The van der Waals surface area contributed by atoms with E-state index >= 15 is 0 Å². The van der Waals surface area contributed by atoms with Gasteiger partial charge in [0.1, 0.15) is 4.90 Å². The van der Waals surface area contributed by atoms with Crippen LogP contribution >= 0.6 is 0 Å². The lowest BCUT2D eigenvalue weighted by Crippen LogP contribution is -2.27. The minimum absolute atomic E-state index is 0.266. The number of benzene rings is 1. The third kappa shape index (κ3) is 3.99. The largest absolute Gasteiger partial charge is 0.313 e. The molecule has 1 saturated carbocycles. The molecular formula is C14H20F2N2O2S. The van der Waals surface area contributed by atoms with Gasteiger partial charge in [-0.25, -0.2) is 21.9 Å². The molecule has 0 saturated heterocycles. The summed E-state index contributed by atoms with van der Waals surface area (Å²) >= 11 is 0. The molecule has 0 amide bonds. The van der Waals surface area contributed by atoms with Crippen LogP contribution in [0.15, 0.2) is 17.0 Å². The zero-order valence-electron chi connectivity index (χ0n) is 12.1. The van der Waals surface area contributed by atoms with Crippen LogP contribution in [-0.2, 0) is 16.6 Å². The first-order valence-electron chi connectivity index (χ1n) is 7.03. The van der Waals surface area contributed by atoms with Crippen molar-refractivity contribution >= 4 is 10.0 Å². The molecule has 0 bridgehead atoms. The molecule has 1 aromatic rings. The molecule has 0 spiro atoms. The lowest BCUT2D eigenvalue weighted by Gasteiger charge is -2.10. The molecule has 0 aliphatic heterocycles. The van der Waals surface area contributed by atoms with Crippen molar-refractivity contribution in [1.29, 1.82) is 0 Å². The topological polar surface area (TPSA) is 58.2 Å². The number of hydrogen-bond donors (Lipinski definition) is 2. The third-order valence-corrected chi connectivity index (χ3v) is 5.16. The van der Waals surface area contributed by atoms with Gasteiger partial charge in [0.2, 0.25) is 10.0 Å². The van der Waals surface area contributed by atoms with Crippen molar-refractivity contribution in [1.82, 2.24) is 10.0 Å². The fourth-order valence-electron chi connectivity index (χ4n) is 2.16. The maximum atomic E-state index is 13.8. The highest BCUT2D eigenvalue weighted by atomic mass is 32.2. The lowest BCUT2D eigenvalue weighted by molar-refractivity contribution is 0.480. The molecule has 0 heterocycles. The van der Waals surface area contributed by atoms with Gasteiger partial charge in [-0.1, -0.05) is 13.8 Å². The number of halogens is 2. The fraction of sp³-hybridized carbons (Fsp3) is 0.571. The first kappa shape index (κ1) is 16.3. The van der Waals surface area contributed by atoms with E-state index in [-0.39, 0.29) is 19.0 Å². The minimum Gasteiger partial charge on any atom is -0.313 e. The molecule has 1 fully saturated rings. The van der Waals surface area contributed by atoms with E-state index in [1.807, 2.05) is 13.8 Å². The van der Waals surface area contributed by atoms with Crippen LogP contribution in [0.5, 0.6) is 0 Å². The van der Waals surface area contributed by atoms with Gasteiger partial charge in [-0.3, -0.25) is 0 Å². The average Bonchev–Trinajstić information content (AvgIpc) is 3.13. The van der Waals surface area contributed by atoms with E-state index in [4.69, 9.17) is 0 Å². The predicted octanol–water partition coefficient (Wildman–Crippen LogP) is 2.01. The lowest BCUT2D eigenvalue weighted by atomic mass is 10.2. The Kier molecular flexibility index (Phi) is 4.95. The molecule has 1 aromatic carbocycles. The van der Waals surface area contributed by atoms with Crippen LogP contribution in [-0.4, -0.2) is 21.5 Å². The summed E-state index contributed by atoms with van der Waals surface area (Å²) < 4.78 is 54.0. The number of nitrogens with one attached hydrogen (secondary N) is 2. The average molecular weight is 318 g/mol. The van der Waals surface area contributed by atoms with Crippen molar-refractivity contribution in [2.24, 2.45) is 11.8 Å². The van der Waals surface area contributed by atoms with Gasteiger partial charge in [0.15, 0.2) is 11.6 Å². The third-order valence-electron chi connectivity index (χ3n) is 3.73. The van der Waals surface area contributed by atoms with Gasteiger partial charge >= 0.3 is 0 Å². The maximum absolute atomic E-state index is 13.8. The van der Waals surface area contributed by atoms with E-state index in [9.17, 15) is 17.2 Å². The van der Waals surface area contributed by atoms with Gasteiger partial charge in [0.25, 0.3) is 0 Å². The van der Waals surface area contributed by atoms with E-state index in [0.29, 0.717) is 18.0 Å². The first-order chi connectivity index (χ1) is 9.85. The van der Waals surface area contributed by atoms with Gasteiger partial charge in [-0.15, -0.1) is 0 Å². The predicted molar refractivity (Wildman–Crippen MR) is 76.2 cm³/mol. The van der Waals surface area contributed by atoms with Gasteiger partial charge in [-0.2, -0.15) is 0 Å². The van der Waals surface area contributed by atoms with Crippen molar-refractivity contribution < 1.29 is 17.2 Å². The van der Waals surface area contributed by atoms with E-state index in [0.717, 1.165) is 12.5 Å². The van der Waals surface area contributed by atoms with Crippen molar-refractivity contribution in [2.75, 3.05) is 13.1 Å². The molecule has 1 aliphatic carbocycles. The molecule has 2 N–H and O–H groups in total. The minimum atomic E-state index is -4.03. The van der Waals surface area contributed by atoms with Crippen LogP contribution in [0.4, 0.5) is 8.78 Å². The standard InChI is InChI=1S/C14H20F2N2O2S/c1-3-17-7-10-5-12(15)14(16)13(6-10)21(19,20)18-8-11-4-9(11)2/h5-6,9,11,17-18H,3-4,7-8H2,1-2H3. The summed E-state index contributed by atoms with van der Waals surface area (Å²) in [5.41, 5.74) is 0.399. The Morgan fingerprint density at radius 2 is 2.00 bits per heavy atom. The molecule has 2 unspecified atom stereocenters. The summed E-state index contributed by atoms with van der Waals surface area (Å²) in [7, 11) is -4.03. The summed E-state index contributed by atoms with van der Waals surface area (Å²) in [6.07, 6.45) is 0.958. The fourth-order valence-corrected chi connectivity index (χ4v) is 3.39. The van der Waals surface area contributed by atoms with Gasteiger partial charge in [0, 0.05) is 13.1 Å². The Labute approximate surface area is 124 Å². The summed E-state index contributed by atoms with van der Waals surface area (Å²) in [5.74, 6) is -1.70. The maximum Gasteiger partial charge on any atom is 0.243 e. The molecule has 118 valence electrons. The summed E-state index contributed by atoms with van der Waals surface area (Å²) in [6, 6.07) is 2.19. The van der Waals surface area contributed by atoms with Crippen LogP contribution in [0.3, 0.4) is 0 Å². The molecule has 4 nitrogen and oxygen atoms in total. The normalized spacial score (nSPS) is 21.5. The zero-order valence-corrected chi connectivity index (χ0v) is 12.9. The van der Waals surface area contributed by atoms with E-state index in [1.165, 1.54) is 6.07 Å². The highest BCUT2D eigenvalue weighted by Crippen LogP contribution is 2.37. The zero-order chi connectivity index (χ0) is 15.6. The van der Waals surface area contributed by atoms with Crippen molar-refractivity contribution in [2.45, 2.75) is 31.7 Å². The van der Waals surface area contributed by atoms with Gasteiger partial charge < -0.3 is 5.32 Å². The quantitative estimate of drug-likeness (QED) is 0.808. The Morgan fingerprint density at radius 3 is 2.57 bits per heavy atom. The van der Waals surface area contributed by atoms with E-state index in [2.05, 4.69) is 10.0 Å². The molecular weight excluding hydrogens is 298 g/mol. The summed E-state index contributed by atoms with van der Waals surface area (Å²) in [5, 5.41) is 2.95. The number of hydrogen-bond acceptors (Lipinski definition) is 3. The molecule has 7 heteroatoms. The first-order valence-corrected chi connectivity index (χ1v) is 8.51. The van der Waals surface area contributed by atoms with Gasteiger partial charge in [0.05, 0.1) is 0 Å². The van der Waals surface area contributed by atoms with Crippen molar-refractivity contribution in [3.05, 3.63) is 29.3 Å². The highest BCUT2D eigenvalue weighted by molar-refractivity contribution is 7.89. The van der Waals surface area contributed by atoms with Gasteiger partial charge in [-0.05, 0) is 42.5 Å². The monoisotopic (exact) mass is 318 g/mol. The number of rotatable bonds is 7. The second-order valence-corrected chi connectivity index (χ2v) is 7.23. The Hall–Kier alpha value is -1.05. The van der Waals surface area contributed by atoms with Crippen molar-refractivity contribution in [3.63, 3.8) is 0 Å². The molecule has 0 radical (unpaired) electrons. The molecule has 2 rings (SSSR count).